The summed E-state index contributed by atoms with van der Waals surface area (Å²) in [5, 5.41) is 9.39. The molecule has 0 amide bonds. The van der Waals surface area contributed by atoms with Crippen LogP contribution in [0.15, 0.2) is 24.4 Å². The molecule has 0 bridgehead atoms. The van der Waals surface area contributed by atoms with Gasteiger partial charge in [-0.2, -0.15) is 0 Å². The van der Waals surface area contributed by atoms with Crippen molar-refractivity contribution in [1.82, 2.24) is 14.5 Å². The summed E-state index contributed by atoms with van der Waals surface area (Å²) < 4.78 is 7.60. The number of hydrogen-bond donors (Lipinski definition) is 1. The first kappa shape index (κ1) is 22.9. The zero-order valence-electron chi connectivity index (χ0n) is 18.9. The van der Waals surface area contributed by atoms with E-state index in [0.29, 0.717) is 18.4 Å². The lowest BCUT2D eigenvalue weighted by atomic mass is 10.0. The van der Waals surface area contributed by atoms with Gasteiger partial charge in [-0.25, -0.2) is 9.97 Å². The third-order valence-electron chi connectivity index (χ3n) is 5.02. The van der Waals surface area contributed by atoms with Gasteiger partial charge in [-0.05, 0) is 55.5 Å². The number of nitrogens with zero attached hydrogens (tertiary/aromatic N) is 3. The predicted molar refractivity (Wildman–Crippen MR) is 121 cm³/mol. The maximum absolute atomic E-state index is 8.20. The van der Waals surface area contributed by atoms with Crippen LogP contribution in [0.3, 0.4) is 0 Å². The number of aliphatic hydroxyl groups excluding tert-OH is 1. The molecule has 0 unspecified atom stereocenters. The van der Waals surface area contributed by atoms with Crippen LogP contribution in [0.1, 0.15) is 62.8 Å². The van der Waals surface area contributed by atoms with Crippen LogP contribution in [0, 0.1) is 13.8 Å². The Morgan fingerprint density at radius 1 is 1.10 bits per heavy atom. The molecule has 0 aliphatic heterocycles. The lowest BCUT2D eigenvalue weighted by molar-refractivity contribution is 0.284. The minimum Gasteiger partial charge on any atom is -0.480 e. The molecular weight excluding hydrogens is 362 g/mol. The predicted octanol–water partition coefficient (Wildman–Crippen LogP) is 5.55. The topological polar surface area (TPSA) is 60.2 Å². The van der Waals surface area contributed by atoms with Crippen LogP contribution >= 0.6 is 0 Å². The molecule has 5 nitrogen and oxygen atoms in total. The van der Waals surface area contributed by atoms with Gasteiger partial charge in [-0.15, -0.1) is 0 Å². The molecule has 0 saturated carbocycles. The number of aromatic nitrogens is 3. The lowest BCUT2D eigenvalue weighted by Gasteiger charge is -2.13. The van der Waals surface area contributed by atoms with E-state index < -0.39 is 0 Å². The third-order valence-corrected chi connectivity index (χ3v) is 5.02. The summed E-state index contributed by atoms with van der Waals surface area (Å²) in [5.41, 5.74) is 6.25. The Hall–Kier alpha value is -2.40. The van der Waals surface area contributed by atoms with E-state index in [4.69, 9.17) is 14.8 Å². The summed E-state index contributed by atoms with van der Waals surface area (Å²) in [6.45, 7) is 10.9. The summed E-state index contributed by atoms with van der Waals surface area (Å²) in [6.07, 6.45) is 5.44. The number of unbranched alkanes of at least 4 members (excludes halogenated alkanes) is 2. The van der Waals surface area contributed by atoms with Crippen molar-refractivity contribution in [3.05, 3.63) is 41.2 Å². The number of hydrogen-bond acceptors (Lipinski definition) is 4. The number of rotatable bonds is 6. The number of fused-ring (bicyclic) bond motifs is 1. The van der Waals surface area contributed by atoms with Crippen LogP contribution in [0.2, 0.25) is 0 Å². The van der Waals surface area contributed by atoms with Gasteiger partial charge in [0.25, 0.3) is 0 Å². The quantitative estimate of drug-likeness (QED) is 0.554. The van der Waals surface area contributed by atoms with Gasteiger partial charge in [-0.1, -0.05) is 33.6 Å². The molecule has 0 spiro atoms. The molecule has 0 aliphatic carbocycles. The first-order chi connectivity index (χ1) is 13.8. The zero-order chi connectivity index (χ0) is 21.6. The summed E-state index contributed by atoms with van der Waals surface area (Å²) in [6, 6.07) is 6.32. The van der Waals surface area contributed by atoms with Gasteiger partial charge in [-0.3, -0.25) is 0 Å². The fraction of sp³-hybridized carbons (Fsp3) is 0.500. The molecule has 1 N–H and O–H groups in total. The average Bonchev–Trinajstić information content (AvgIpc) is 2.98. The van der Waals surface area contributed by atoms with Gasteiger partial charge < -0.3 is 14.4 Å². The smallest absolute Gasteiger partial charge is 0.222 e. The maximum atomic E-state index is 8.20. The molecular formula is C24H35N3O2. The highest BCUT2D eigenvalue weighted by atomic mass is 16.5. The summed E-state index contributed by atoms with van der Waals surface area (Å²) in [4.78, 5) is 9.54. The fourth-order valence-electron chi connectivity index (χ4n) is 3.33. The van der Waals surface area contributed by atoms with E-state index in [1.54, 1.807) is 7.11 Å². The Morgan fingerprint density at radius 2 is 1.83 bits per heavy atom. The molecule has 0 aromatic carbocycles. The lowest BCUT2D eigenvalue weighted by Crippen LogP contribution is -2.00. The highest BCUT2D eigenvalue weighted by Crippen LogP contribution is 2.33. The molecule has 0 fully saturated rings. The Morgan fingerprint density at radius 3 is 2.38 bits per heavy atom. The summed E-state index contributed by atoms with van der Waals surface area (Å²) in [7, 11) is 3.69. The summed E-state index contributed by atoms with van der Waals surface area (Å²) >= 11 is 0. The number of aliphatic hydroxyl groups is 1. The van der Waals surface area contributed by atoms with Gasteiger partial charge in [0.1, 0.15) is 5.65 Å². The van der Waals surface area contributed by atoms with Crippen LogP contribution in [0.5, 0.6) is 5.88 Å². The number of ether oxygens (including phenoxy) is 1. The van der Waals surface area contributed by atoms with Crippen molar-refractivity contribution < 1.29 is 9.84 Å². The van der Waals surface area contributed by atoms with Crippen molar-refractivity contribution in [3.63, 3.8) is 0 Å². The standard InChI is InChI=1S/C19H23N3O.C5H12O/c1-11(2)16-8-7-14(19(20-16)23-6)17-12(3)9-15-13(4)10-22(5)18(15)21-17;1-2-3-4-5-6/h7-11H,1-6H3;6H,2-5H2,1H3. The maximum Gasteiger partial charge on any atom is 0.222 e. The first-order valence-electron chi connectivity index (χ1n) is 10.4. The van der Waals surface area contributed by atoms with Crippen molar-refractivity contribution in [1.29, 1.82) is 0 Å². The van der Waals surface area contributed by atoms with Crippen LogP contribution in [0.25, 0.3) is 22.3 Å². The highest BCUT2D eigenvalue weighted by Gasteiger charge is 2.16. The fourth-order valence-corrected chi connectivity index (χ4v) is 3.33. The minimum absolute atomic E-state index is 0.355. The molecule has 0 atom stereocenters. The monoisotopic (exact) mass is 397 g/mol. The van der Waals surface area contributed by atoms with E-state index in [0.717, 1.165) is 41.0 Å². The van der Waals surface area contributed by atoms with E-state index in [9.17, 15) is 0 Å². The Labute approximate surface area is 174 Å². The summed E-state index contributed by atoms with van der Waals surface area (Å²) in [5.74, 6) is 1.00. The largest absolute Gasteiger partial charge is 0.480 e. The van der Waals surface area contributed by atoms with Crippen molar-refractivity contribution in [3.8, 4) is 17.1 Å². The van der Waals surface area contributed by atoms with Crippen molar-refractivity contribution in [2.45, 2.75) is 59.8 Å². The minimum atomic E-state index is 0.355. The molecule has 0 aliphatic rings. The van der Waals surface area contributed by atoms with Gasteiger partial charge in [0.15, 0.2) is 0 Å². The van der Waals surface area contributed by atoms with Gasteiger partial charge >= 0.3 is 0 Å². The van der Waals surface area contributed by atoms with Gasteiger partial charge in [0, 0.05) is 30.9 Å². The second-order valence-electron chi connectivity index (χ2n) is 7.83. The Bertz CT molecular complexity index is 941. The zero-order valence-corrected chi connectivity index (χ0v) is 18.9. The van der Waals surface area contributed by atoms with E-state index in [-0.39, 0.29) is 0 Å². The van der Waals surface area contributed by atoms with E-state index in [2.05, 4.69) is 68.6 Å². The van der Waals surface area contributed by atoms with Crippen LogP contribution in [-0.4, -0.2) is 33.4 Å². The van der Waals surface area contributed by atoms with Gasteiger partial charge in [0.2, 0.25) is 5.88 Å². The first-order valence-corrected chi connectivity index (χ1v) is 10.4. The molecule has 5 heteroatoms. The molecule has 0 saturated heterocycles. The molecule has 0 radical (unpaired) electrons. The average molecular weight is 398 g/mol. The molecule has 3 rings (SSSR count). The second kappa shape index (κ2) is 10.4. The number of methoxy groups -OCH3 is 1. The van der Waals surface area contributed by atoms with Gasteiger partial charge in [0.05, 0.1) is 18.4 Å². The van der Waals surface area contributed by atoms with Crippen molar-refractivity contribution in [2.75, 3.05) is 13.7 Å². The van der Waals surface area contributed by atoms with Crippen molar-refractivity contribution in [2.24, 2.45) is 7.05 Å². The van der Waals surface area contributed by atoms with Crippen LogP contribution in [0.4, 0.5) is 0 Å². The molecule has 3 aromatic rings. The molecule has 3 aromatic heterocycles. The Balaban J connectivity index is 0.000000438. The normalized spacial score (nSPS) is 10.9. The number of aryl methyl sites for hydroxylation is 3. The SMILES string of the molecule is CCCCCO.COc1nc(C(C)C)ccc1-c1nc2c(cc1C)c(C)cn2C. The van der Waals surface area contributed by atoms with E-state index in [1.165, 1.54) is 17.4 Å². The van der Waals surface area contributed by atoms with Crippen LogP contribution in [-0.2, 0) is 7.05 Å². The molecule has 158 valence electrons. The highest BCUT2D eigenvalue weighted by molar-refractivity contribution is 5.85. The molecule has 3 heterocycles. The number of pyridine rings is 2. The Kier molecular flexibility index (Phi) is 8.21. The van der Waals surface area contributed by atoms with Crippen molar-refractivity contribution >= 4 is 11.0 Å². The second-order valence-corrected chi connectivity index (χ2v) is 7.83. The van der Waals surface area contributed by atoms with Crippen LogP contribution < -0.4 is 4.74 Å². The molecule has 29 heavy (non-hydrogen) atoms. The third kappa shape index (κ3) is 5.36. The van der Waals surface area contributed by atoms with E-state index >= 15 is 0 Å². The van der Waals surface area contributed by atoms with E-state index in [1.807, 2.05) is 7.05 Å².